The predicted molar refractivity (Wildman–Crippen MR) is 111 cm³/mol. The Morgan fingerprint density at radius 2 is 1.93 bits per heavy atom. The summed E-state index contributed by atoms with van der Waals surface area (Å²) in [4.78, 5) is 28.4. The van der Waals surface area contributed by atoms with Crippen LogP contribution < -0.4 is 5.32 Å². The van der Waals surface area contributed by atoms with E-state index in [-0.39, 0.29) is 36.1 Å². The van der Waals surface area contributed by atoms with Gasteiger partial charge in [-0.25, -0.2) is 4.39 Å². The molecule has 29 heavy (non-hydrogen) atoms. The number of fused-ring (bicyclic) bond motifs is 1. The third-order valence-electron chi connectivity index (χ3n) is 5.20. The molecule has 3 rings (SSSR count). The Hall–Kier alpha value is -2.99. The zero-order valence-corrected chi connectivity index (χ0v) is 16.9. The molecule has 0 aliphatic carbocycles. The fourth-order valence-electron chi connectivity index (χ4n) is 3.68. The molecule has 2 amide bonds. The number of hydrogen-bond acceptors (Lipinski definition) is 3. The van der Waals surface area contributed by atoms with Crippen LogP contribution >= 0.6 is 0 Å². The Kier molecular flexibility index (Phi) is 6.44. The summed E-state index contributed by atoms with van der Waals surface area (Å²) in [5.41, 5.74) is 2.76. The van der Waals surface area contributed by atoms with Crippen LogP contribution in [0.15, 0.2) is 54.7 Å². The molecule has 2 atom stereocenters. The monoisotopic (exact) mass is 395 g/mol. The van der Waals surface area contributed by atoms with Gasteiger partial charge in [-0.1, -0.05) is 36.4 Å². The first-order valence-corrected chi connectivity index (χ1v) is 9.61. The molecule has 2 aromatic rings. The minimum absolute atomic E-state index is 0.112. The first-order valence-electron chi connectivity index (χ1n) is 9.61. The van der Waals surface area contributed by atoms with Gasteiger partial charge in [-0.05, 0) is 49.0 Å². The van der Waals surface area contributed by atoms with Crippen molar-refractivity contribution in [1.82, 2.24) is 15.1 Å². The lowest BCUT2D eigenvalue weighted by atomic mass is 9.93. The minimum Gasteiger partial charge on any atom is -0.354 e. The average Bonchev–Trinajstić information content (AvgIpc) is 2.68. The molecule has 0 bridgehead atoms. The van der Waals surface area contributed by atoms with Crippen molar-refractivity contribution < 1.29 is 14.0 Å². The Morgan fingerprint density at radius 1 is 1.17 bits per heavy atom. The first-order chi connectivity index (χ1) is 13.9. The number of rotatable bonds is 6. The number of likely N-dealkylation sites (N-methyl/N-ethyl adjacent to an activating group) is 1. The van der Waals surface area contributed by atoms with Gasteiger partial charge >= 0.3 is 0 Å². The van der Waals surface area contributed by atoms with E-state index in [1.165, 1.54) is 19.1 Å². The molecule has 0 spiro atoms. The van der Waals surface area contributed by atoms with Gasteiger partial charge in [0.25, 0.3) is 0 Å². The van der Waals surface area contributed by atoms with Crippen LogP contribution in [0, 0.1) is 5.82 Å². The largest absolute Gasteiger partial charge is 0.354 e. The van der Waals surface area contributed by atoms with Crippen molar-refractivity contribution >= 4 is 17.9 Å². The third-order valence-corrected chi connectivity index (χ3v) is 5.20. The van der Waals surface area contributed by atoms with E-state index in [1.54, 1.807) is 17.2 Å². The van der Waals surface area contributed by atoms with Crippen LogP contribution in [0.25, 0.3) is 6.08 Å². The topological polar surface area (TPSA) is 52.7 Å². The molecule has 1 aliphatic rings. The van der Waals surface area contributed by atoms with Crippen molar-refractivity contribution in [3.05, 3.63) is 77.2 Å². The predicted octanol–water partition coefficient (Wildman–Crippen LogP) is 3.51. The van der Waals surface area contributed by atoms with Crippen LogP contribution in [-0.4, -0.2) is 42.3 Å². The van der Waals surface area contributed by atoms with Gasteiger partial charge in [0.15, 0.2) is 0 Å². The number of halogens is 1. The van der Waals surface area contributed by atoms with Gasteiger partial charge in [-0.2, -0.15) is 0 Å². The van der Waals surface area contributed by atoms with Gasteiger partial charge in [0.05, 0.1) is 18.5 Å². The van der Waals surface area contributed by atoms with Crippen molar-refractivity contribution in [2.45, 2.75) is 25.4 Å². The fraction of sp³-hybridized carbons (Fsp3) is 0.304. The number of benzene rings is 2. The third kappa shape index (κ3) is 4.90. The minimum atomic E-state index is -0.347. The Bertz CT molecular complexity index is 926. The second-order valence-electron chi connectivity index (χ2n) is 7.43. The summed E-state index contributed by atoms with van der Waals surface area (Å²) in [6.07, 6.45) is 3.78. The summed E-state index contributed by atoms with van der Waals surface area (Å²) in [6.45, 7) is 1.84. The van der Waals surface area contributed by atoms with Crippen LogP contribution in [0.4, 0.5) is 4.39 Å². The van der Waals surface area contributed by atoms with E-state index in [0.29, 0.717) is 6.54 Å². The molecular weight excluding hydrogens is 369 g/mol. The van der Waals surface area contributed by atoms with E-state index >= 15 is 0 Å². The van der Waals surface area contributed by atoms with Gasteiger partial charge in [0.1, 0.15) is 5.82 Å². The van der Waals surface area contributed by atoms with Crippen molar-refractivity contribution in [2.75, 3.05) is 20.6 Å². The SMILES string of the molecule is CC(=O)N1C=Cc2ccccc2C1CC(=O)NCC(c1cccc(F)c1)N(C)C. The molecule has 0 fully saturated rings. The summed E-state index contributed by atoms with van der Waals surface area (Å²) >= 11 is 0. The molecule has 0 saturated heterocycles. The van der Waals surface area contributed by atoms with Crippen molar-refractivity contribution in [3.8, 4) is 0 Å². The zero-order valence-electron chi connectivity index (χ0n) is 16.9. The van der Waals surface area contributed by atoms with Gasteiger partial charge in [-0.15, -0.1) is 0 Å². The Morgan fingerprint density at radius 3 is 2.62 bits per heavy atom. The maximum atomic E-state index is 13.6. The van der Waals surface area contributed by atoms with E-state index in [0.717, 1.165) is 16.7 Å². The molecule has 0 radical (unpaired) electrons. The quantitative estimate of drug-likeness (QED) is 0.814. The number of nitrogens with one attached hydrogen (secondary N) is 1. The number of carbonyl (C=O) groups excluding carboxylic acids is 2. The molecule has 0 aromatic heterocycles. The van der Waals surface area contributed by atoms with Crippen molar-refractivity contribution in [1.29, 1.82) is 0 Å². The van der Waals surface area contributed by atoms with E-state index < -0.39 is 0 Å². The molecule has 1 heterocycles. The van der Waals surface area contributed by atoms with Gasteiger partial charge in [-0.3, -0.25) is 9.59 Å². The van der Waals surface area contributed by atoms with E-state index in [2.05, 4.69) is 5.32 Å². The summed E-state index contributed by atoms with van der Waals surface area (Å²) in [5.74, 6) is -0.572. The summed E-state index contributed by atoms with van der Waals surface area (Å²) < 4.78 is 13.6. The van der Waals surface area contributed by atoms with Crippen LogP contribution in [0.5, 0.6) is 0 Å². The highest BCUT2D eigenvalue weighted by molar-refractivity contribution is 5.81. The highest BCUT2D eigenvalue weighted by atomic mass is 19.1. The van der Waals surface area contributed by atoms with Crippen LogP contribution in [0.3, 0.4) is 0 Å². The van der Waals surface area contributed by atoms with Crippen molar-refractivity contribution in [3.63, 3.8) is 0 Å². The smallest absolute Gasteiger partial charge is 0.223 e. The lowest BCUT2D eigenvalue weighted by Gasteiger charge is -2.32. The lowest BCUT2D eigenvalue weighted by molar-refractivity contribution is -0.130. The molecule has 1 aliphatic heterocycles. The molecule has 5 nitrogen and oxygen atoms in total. The molecule has 1 N–H and O–H groups in total. The highest BCUT2D eigenvalue weighted by Gasteiger charge is 2.28. The summed E-state index contributed by atoms with van der Waals surface area (Å²) in [7, 11) is 3.78. The average molecular weight is 395 g/mol. The van der Waals surface area contributed by atoms with Crippen LogP contribution in [-0.2, 0) is 9.59 Å². The van der Waals surface area contributed by atoms with Gasteiger partial charge < -0.3 is 15.1 Å². The maximum Gasteiger partial charge on any atom is 0.223 e. The molecule has 0 saturated carbocycles. The number of amides is 2. The molecule has 6 heteroatoms. The fourth-order valence-corrected chi connectivity index (χ4v) is 3.68. The summed E-state index contributed by atoms with van der Waals surface area (Å²) in [5, 5.41) is 2.95. The highest BCUT2D eigenvalue weighted by Crippen LogP contribution is 2.32. The van der Waals surface area contributed by atoms with Gasteiger partial charge in [0, 0.05) is 19.7 Å². The lowest BCUT2D eigenvalue weighted by Crippen LogP contribution is -2.38. The maximum absolute atomic E-state index is 13.6. The van der Waals surface area contributed by atoms with E-state index in [1.807, 2.05) is 55.4 Å². The molecule has 2 aromatic carbocycles. The second-order valence-corrected chi connectivity index (χ2v) is 7.43. The van der Waals surface area contributed by atoms with Gasteiger partial charge in [0.2, 0.25) is 11.8 Å². The van der Waals surface area contributed by atoms with Crippen LogP contribution in [0.1, 0.15) is 42.1 Å². The van der Waals surface area contributed by atoms with Crippen molar-refractivity contribution in [2.24, 2.45) is 0 Å². The standard InChI is InChI=1S/C23H26FN3O2/c1-16(28)27-12-11-17-7-4-5-10-20(17)21(27)14-23(29)25-15-22(26(2)3)18-8-6-9-19(24)13-18/h4-13,21-22H,14-15H2,1-3H3,(H,25,29). The number of hydrogen-bond donors (Lipinski definition) is 1. The molecule has 152 valence electrons. The Balaban J connectivity index is 1.71. The molecular formula is C23H26FN3O2. The number of carbonyl (C=O) groups is 2. The molecule has 2 unspecified atom stereocenters. The van der Waals surface area contributed by atoms with Crippen LogP contribution in [0.2, 0.25) is 0 Å². The van der Waals surface area contributed by atoms with E-state index in [4.69, 9.17) is 0 Å². The summed E-state index contributed by atoms with van der Waals surface area (Å²) in [6, 6.07) is 13.7. The zero-order chi connectivity index (χ0) is 21.0. The first kappa shape index (κ1) is 20.7. The second kappa shape index (κ2) is 9.01. The Labute approximate surface area is 170 Å². The number of nitrogens with zero attached hydrogens (tertiary/aromatic N) is 2. The normalized spacial score (nSPS) is 16.4. The van der Waals surface area contributed by atoms with E-state index in [9.17, 15) is 14.0 Å².